The molecular weight excluding hydrogens is 613 g/mol. The van der Waals surface area contributed by atoms with Gasteiger partial charge in [-0.05, 0) is 25.9 Å². The smallest absolute Gasteiger partial charge is 0.400 e. The normalized spacial score (nSPS) is 7.33. The lowest BCUT2D eigenvalue weighted by molar-refractivity contribution is 0.122. The van der Waals surface area contributed by atoms with E-state index in [-0.39, 0.29) is 7.43 Å². The molecule has 0 aromatic carbocycles. The van der Waals surface area contributed by atoms with Crippen molar-refractivity contribution in [2.24, 2.45) is 11.5 Å². The van der Waals surface area contributed by atoms with Crippen LogP contribution in [0.1, 0.15) is 131 Å². The van der Waals surface area contributed by atoms with Crippen LogP contribution in [0.2, 0.25) is 12.1 Å². The first-order chi connectivity index (χ1) is 21.5. The van der Waals surface area contributed by atoms with Gasteiger partial charge in [0.05, 0.1) is 0 Å². The maximum Gasteiger partial charge on any atom is 0.500 e. The quantitative estimate of drug-likeness (QED) is 0.124. The highest BCUT2D eigenvalue weighted by Crippen LogP contribution is 2.14. The van der Waals surface area contributed by atoms with E-state index < -0.39 is 17.6 Å². The van der Waals surface area contributed by atoms with Crippen molar-refractivity contribution in [3.05, 3.63) is 0 Å². The van der Waals surface area contributed by atoms with E-state index in [2.05, 4.69) is 0 Å². The first-order valence-corrected chi connectivity index (χ1v) is 20.4. The van der Waals surface area contributed by atoms with Crippen LogP contribution < -0.4 is 11.5 Å². The van der Waals surface area contributed by atoms with E-state index in [1.54, 1.807) is 42.7 Å². The summed E-state index contributed by atoms with van der Waals surface area (Å²) in [6.07, 6.45) is 1.75. The Kier molecular flexibility index (Phi) is 285. The van der Waals surface area contributed by atoms with Crippen molar-refractivity contribution in [3.63, 3.8) is 0 Å². The summed E-state index contributed by atoms with van der Waals surface area (Å²) in [5.41, 5.74) is 10.7. The minimum absolute atomic E-state index is 0. The first-order valence-electron chi connectivity index (χ1n) is 16.5. The molecule has 0 aliphatic carbocycles. The summed E-state index contributed by atoms with van der Waals surface area (Å²) < 4.78 is 31.1. The van der Waals surface area contributed by atoms with Crippen LogP contribution in [-0.2, 0) is 26.6 Å². The molecule has 0 unspecified atom stereocenters. The molecule has 0 atom stereocenters. The Balaban J connectivity index is -0.0000000218. The summed E-state index contributed by atoms with van der Waals surface area (Å²) >= 11 is 0. The van der Waals surface area contributed by atoms with E-state index in [0.29, 0.717) is 13.1 Å². The fraction of sp³-hybridized carbons (Fsp3) is 1.00. The zero-order valence-corrected chi connectivity index (χ0v) is 37.2. The maximum absolute atomic E-state index is 7.00. The molecule has 7 N–H and O–H groups in total. The highest BCUT2D eigenvalue weighted by molar-refractivity contribution is 6.60. The molecule has 0 aliphatic rings. The monoisotopic (exact) mass is 711 g/mol. The second kappa shape index (κ2) is 141. The van der Waals surface area contributed by atoms with E-state index in [4.69, 9.17) is 53.3 Å². The van der Waals surface area contributed by atoms with Gasteiger partial charge in [-0.15, -0.1) is 0 Å². The average molecular weight is 711 g/mol. The Bertz CT molecular complexity index is 222. The summed E-state index contributed by atoms with van der Waals surface area (Å²) in [6, 6.07) is 1.57. The van der Waals surface area contributed by atoms with Gasteiger partial charge in [0.15, 0.2) is 0 Å². The van der Waals surface area contributed by atoms with Gasteiger partial charge in [-0.3, -0.25) is 0 Å². The standard InChI is InChI=1S/2C6H17NO3Si.8C2H6.3CH4O.CH4/c2*1-8-11(9-2,10-3)6-4-5-7;11*1-2;/h2*4-7H2,1-3H3;8*1-2H3;3*2H,1H3;1H4. The molecule has 0 radical (unpaired) electrons. The zero-order chi connectivity index (χ0) is 39.5. The fourth-order valence-electron chi connectivity index (χ4n) is 1.75. The van der Waals surface area contributed by atoms with Crippen LogP contribution in [0.3, 0.4) is 0 Å². The van der Waals surface area contributed by atoms with Crippen LogP contribution >= 0.6 is 0 Å². The lowest BCUT2D eigenvalue weighted by Crippen LogP contribution is -2.42. The van der Waals surface area contributed by atoms with Crippen molar-refractivity contribution in [1.82, 2.24) is 0 Å². The lowest BCUT2D eigenvalue weighted by Gasteiger charge is -2.23. The van der Waals surface area contributed by atoms with E-state index in [9.17, 15) is 0 Å². The largest absolute Gasteiger partial charge is 0.500 e. The Hall–Kier alpha value is -0.00623. The van der Waals surface area contributed by atoms with Crippen LogP contribution in [0, 0.1) is 0 Å². The third kappa shape index (κ3) is 99.0. The molecule has 0 aromatic rings. The highest BCUT2D eigenvalue weighted by Gasteiger charge is 2.37. The summed E-state index contributed by atoms with van der Waals surface area (Å²) in [5.74, 6) is 0. The van der Waals surface area contributed by atoms with Gasteiger partial charge in [0.2, 0.25) is 0 Å². The SMILES string of the molecule is C.CC.CC.CC.CC.CC.CC.CC.CC.CO.CO.CO.CO[Si](CCCN)(OC)OC.CO[Si](CCCN)(OC)OC. The number of aliphatic hydroxyl groups is 3. The van der Waals surface area contributed by atoms with Crippen molar-refractivity contribution in [3.8, 4) is 0 Å². The molecule has 11 nitrogen and oxygen atoms in total. The second-order valence-electron chi connectivity index (χ2n) is 4.38. The van der Waals surface area contributed by atoms with E-state index in [1.165, 1.54) is 0 Å². The molecule has 0 fully saturated rings. The Morgan fingerprint density at radius 3 is 0.533 bits per heavy atom. The molecule has 45 heavy (non-hydrogen) atoms. The third-order valence-corrected chi connectivity index (χ3v) is 8.90. The minimum atomic E-state index is -2.32. The van der Waals surface area contributed by atoms with Crippen molar-refractivity contribution in [2.75, 3.05) is 77.1 Å². The molecule has 0 saturated heterocycles. The van der Waals surface area contributed by atoms with E-state index in [0.717, 1.165) is 46.3 Å². The molecule has 0 bridgehead atoms. The van der Waals surface area contributed by atoms with E-state index >= 15 is 0 Å². The van der Waals surface area contributed by atoms with Gasteiger partial charge in [-0.2, -0.15) is 0 Å². The summed E-state index contributed by atoms with van der Waals surface area (Å²) in [7, 11) is 8.00. The minimum Gasteiger partial charge on any atom is -0.400 e. The Labute approximate surface area is 290 Å². The molecule has 13 heteroatoms. The third-order valence-electron chi connectivity index (χ3n) is 3.24. The fourth-order valence-corrected chi connectivity index (χ4v) is 5.25. The van der Waals surface area contributed by atoms with Gasteiger partial charge < -0.3 is 53.3 Å². The van der Waals surface area contributed by atoms with Crippen LogP contribution in [0.15, 0.2) is 0 Å². The number of nitrogens with two attached hydrogens (primary N) is 2. The number of hydrogen-bond donors (Lipinski definition) is 5. The van der Waals surface area contributed by atoms with Crippen LogP contribution in [0.4, 0.5) is 0 Å². The molecule has 0 rings (SSSR count). The van der Waals surface area contributed by atoms with Crippen LogP contribution in [0.5, 0.6) is 0 Å². The molecule has 0 spiro atoms. The predicted octanol–water partition coefficient (Wildman–Crippen LogP) is 8.10. The zero-order valence-electron chi connectivity index (χ0n) is 35.2. The molecule has 0 heterocycles. The molecule has 0 aromatic heterocycles. The molecule has 298 valence electrons. The summed E-state index contributed by atoms with van der Waals surface area (Å²) in [4.78, 5) is 0. The molecule has 0 amide bonds. The second-order valence-corrected chi connectivity index (χ2v) is 10.6. The molecule has 0 aliphatic heterocycles. The summed E-state index contributed by atoms with van der Waals surface area (Å²) in [5, 5.41) is 21.0. The summed E-state index contributed by atoms with van der Waals surface area (Å²) in [6.45, 7) is 33.3. The van der Waals surface area contributed by atoms with Gasteiger partial charge in [0.1, 0.15) is 0 Å². The molecule has 0 saturated carbocycles. The Morgan fingerprint density at radius 1 is 0.356 bits per heavy atom. The maximum atomic E-state index is 7.00. The van der Waals surface area contributed by atoms with Crippen LogP contribution in [0.25, 0.3) is 0 Å². The van der Waals surface area contributed by atoms with Crippen molar-refractivity contribution in [2.45, 2.75) is 143 Å². The number of rotatable bonds is 12. The van der Waals surface area contributed by atoms with Gasteiger partial charge in [0, 0.05) is 76.1 Å². The van der Waals surface area contributed by atoms with Crippen molar-refractivity contribution in [1.29, 1.82) is 0 Å². The van der Waals surface area contributed by atoms with E-state index in [1.807, 2.05) is 111 Å². The van der Waals surface area contributed by atoms with Crippen molar-refractivity contribution >= 4 is 17.6 Å². The highest BCUT2D eigenvalue weighted by atomic mass is 28.4. The van der Waals surface area contributed by atoms with Gasteiger partial charge in [-0.25, -0.2) is 0 Å². The number of aliphatic hydroxyl groups excluding tert-OH is 3. The molecular formula is C32H98N2O9Si2. The Morgan fingerprint density at radius 2 is 0.467 bits per heavy atom. The number of hydrogen-bond acceptors (Lipinski definition) is 11. The average Bonchev–Trinajstić information content (AvgIpc) is 3.19. The lowest BCUT2D eigenvalue weighted by atomic mass is 10.5. The first kappa shape index (κ1) is 90.7. The van der Waals surface area contributed by atoms with Gasteiger partial charge in [0.25, 0.3) is 0 Å². The van der Waals surface area contributed by atoms with Gasteiger partial charge in [-0.1, -0.05) is 118 Å². The van der Waals surface area contributed by atoms with Crippen molar-refractivity contribution < 1.29 is 41.9 Å². The topological polar surface area (TPSA) is 168 Å². The van der Waals surface area contributed by atoms with Crippen LogP contribution in [-0.4, -0.2) is 110 Å². The van der Waals surface area contributed by atoms with Gasteiger partial charge >= 0.3 is 17.6 Å². The predicted molar refractivity (Wildman–Crippen MR) is 212 cm³/mol.